The van der Waals surface area contributed by atoms with Gasteiger partial charge in [-0.2, -0.15) is 0 Å². The van der Waals surface area contributed by atoms with Crippen molar-refractivity contribution in [2.24, 2.45) is 0 Å². The van der Waals surface area contributed by atoms with Crippen LogP contribution in [0.25, 0.3) is 0 Å². The van der Waals surface area contributed by atoms with E-state index in [9.17, 15) is 0 Å². The Balaban J connectivity index is 0.000000261. The van der Waals surface area contributed by atoms with Gasteiger partial charge in [0.1, 0.15) is 0 Å². The molecule has 0 spiro atoms. The molecule has 0 amide bonds. The minimum Gasteiger partial charge on any atom is -0.504 e. The van der Waals surface area contributed by atoms with Crippen LogP contribution in [0.1, 0.15) is 0 Å². The standard InChI is InChI=1S/C6H6O2.CHBO2/c7-5-3-1-2-4-6(5)8;2-1(3)4/h1-4,7-8H;(H,3,4). The van der Waals surface area contributed by atoms with Crippen LogP contribution < -0.4 is 0 Å². The fourth-order valence-electron chi connectivity index (χ4n) is 0.464. The van der Waals surface area contributed by atoms with Gasteiger partial charge in [0.05, 0.1) is 0 Å². The summed E-state index contributed by atoms with van der Waals surface area (Å²) in [6.45, 7) is 0. The maximum atomic E-state index is 8.78. The molecule has 4 nitrogen and oxygen atoms in total. The molecule has 0 heterocycles. The molecule has 0 unspecified atom stereocenters. The number of rotatable bonds is 0. The van der Waals surface area contributed by atoms with Gasteiger partial charge in [0.25, 0.3) is 0 Å². The molecule has 5 heteroatoms. The molecule has 0 saturated heterocycles. The second-order valence-corrected chi connectivity index (χ2v) is 1.83. The Hall–Kier alpha value is -1.65. The van der Waals surface area contributed by atoms with E-state index in [-0.39, 0.29) is 11.5 Å². The van der Waals surface area contributed by atoms with Crippen LogP contribution in [0.15, 0.2) is 24.3 Å². The molecule has 0 saturated carbocycles. The summed E-state index contributed by atoms with van der Waals surface area (Å²) in [4.78, 5) is 8.78. The lowest BCUT2D eigenvalue weighted by Gasteiger charge is -1.91. The molecule has 3 N–H and O–H groups in total. The molecule has 0 atom stereocenters. The Morgan fingerprint density at radius 3 is 1.58 bits per heavy atom. The van der Waals surface area contributed by atoms with Crippen molar-refractivity contribution in [3.05, 3.63) is 24.3 Å². The van der Waals surface area contributed by atoms with Gasteiger partial charge in [-0.05, 0) is 12.1 Å². The molecule has 0 fully saturated rings. The number of aromatic hydroxyl groups is 2. The molecule has 62 valence electrons. The summed E-state index contributed by atoms with van der Waals surface area (Å²) in [6, 6.07) is 6.15. The third-order valence-corrected chi connectivity index (χ3v) is 0.882. The predicted octanol–water partition coefficient (Wildman–Crippen LogP) is 0.931. The quantitative estimate of drug-likeness (QED) is 0.395. The van der Waals surface area contributed by atoms with E-state index in [1.54, 1.807) is 12.1 Å². The van der Waals surface area contributed by atoms with E-state index in [4.69, 9.17) is 20.1 Å². The maximum Gasteiger partial charge on any atom is 0.233 e. The summed E-state index contributed by atoms with van der Waals surface area (Å²) < 4.78 is 0. The molecular weight excluding hydrogens is 159 g/mol. The van der Waals surface area contributed by atoms with Crippen molar-refractivity contribution in [3.63, 3.8) is 0 Å². The molecule has 0 aromatic heterocycles. The zero-order chi connectivity index (χ0) is 9.56. The van der Waals surface area contributed by atoms with Crippen LogP contribution in [0, 0.1) is 0 Å². The molecule has 0 aliphatic heterocycles. The van der Waals surface area contributed by atoms with Crippen LogP contribution in [0.2, 0.25) is 0 Å². The van der Waals surface area contributed by atoms with Gasteiger partial charge in [-0.3, -0.25) is 4.79 Å². The molecule has 1 rings (SSSR count). The lowest BCUT2D eigenvalue weighted by atomic mass is 10.2. The second kappa shape index (κ2) is 5.06. The van der Waals surface area contributed by atoms with E-state index in [0.717, 1.165) is 0 Å². The predicted molar refractivity (Wildman–Crippen MR) is 43.6 cm³/mol. The van der Waals surface area contributed by atoms with Crippen LogP contribution in [0.4, 0.5) is 4.79 Å². The average Bonchev–Trinajstić information content (AvgIpc) is 1.94. The Labute approximate surface area is 70.5 Å². The van der Waals surface area contributed by atoms with E-state index in [1.165, 1.54) is 12.1 Å². The first-order valence-corrected chi connectivity index (χ1v) is 2.99. The van der Waals surface area contributed by atoms with Crippen LogP contribution in [0.3, 0.4) is 0 Å². The smallest absolute Gasteiger partial charge is 0.233 e. The number of carbonyl (C=O) groups is 1. The number of phenols is 2. The normalized spacial score (nSPS) is 8.00. The Morgan fingerprint density at radius 1 is 1.17 bits per heavy atom. The number of phenolic OH excluding ortho intramolecular Hbond substituents is 2. The summed E-state index contributed by atoms with van der Waals surface area (Å²) in [5, 5.41) is 24.5. The minimum absolute atomic E-state index is 0.0764. The van der Waals surface area contributed by atoms with Crippen molar-refractivity contribution in [2.45, 2.75) is 0 Å². The molecule has 2 radical (unpaired) electrons. The Kier molecular flexibility index (Phi) is 4.37. The van der Waals surface area contributed by atoms with Crippen LogP contribution in [0.5, 0.6) is 11.5 Å². The molecule has 0 aliphatic carbocycles. The van der Waals surface area contributed by atoms with E-state index in [2.05, 4.69) is 7.85 Å². The average molecular weight is 166 g/mol. The number of para-hydroxylation sites is 2. The van der Waals surface area contributed by atoms with Gasteiger partial charge in [0.2, 0.25) is 13.7 Å². The third kappa shape index (κ3) is 5.16. The Bertz CT molecular complexity index is 236. The lowest BCUT2D eigenvalue weighted by molar-refractivity contribution is 0.220. The first-order chi connectivity index (χ1) is 5.54. The highest BCUT2D eigenvalue weighted by Crippen LogP contribution is 2.21. The number of hydrogen-bond donors (Lipinski definition) is 3. The van der Waals surface area contributed by atoms with Crippen molar-refractivity contribution >= 4 is 13.7 Å². The highest BCUT2D eigenvalue weighted by atomic mass is 16.4. The fourth-order valence-corrected chi connectivity index (χ4v) is 0.464. The zero-order valence-corrected chi connectivity index (χ0v) is 6.14. The molecule has 1 aromatic rings. The van der Waals surface area contributed by atoms with E-state index < -0.39 is 5.87 Å². The van der Waals surface area contributed by atoms with Gasteiger partial charge in [0.15, 0.2) is 11.5 Å². The summed E-state index contributed by atoms with van der Waals surface area (Å²) in [6.07, 6.45) is 0. The van der Waals surface area contributed by atoms with Gasteiger partial charge in [0, 0.05) is 0 Å². The monoisotopic (exact) mass is 166 g/mol. The zero-order valence-electron chi connectivity index (χ0n) is 6.14. The second-order valence-electron chi connectivity index (χ2n) is 1.83. The highest BCUT2D eigenvalue weighted by Gasteiger charge is 1.90. The van der Waals surface area contributed by atoms with Crippen molar-refractivity contribution in [3.8, 4) is 11.5 Å². The summed E-state index contributed by atoms with van der Waals surface area (Å²) in [5.41, 5.74) is 0. The van der Waals surface area contributed by atoms with E-state index in [1.807, 2.05) is 0 Å². The molecule has 0 aliphatic rings. The largest absolute Gasteiger partial charge is 0.504 e. The van der Waals surface area contributed by atoms with Gasteiger partial charge in [-0.25, -0.2) is 0 Å². The number of carboxylic acid groups (broad SMARTS) is 1. The minimum atomic E-state index is -1.33. The lowest BCUT2D eigenvalue weighted by Crippen LogP contribution is -1.83. The first kappa shape index (κ1) is 10.4. The number of benzene rings is 1. The first-order valence-electron chi connectivity index (χ1n) is 2.99. The van der Waals surface area contributed by atoms with Crippen LogP contribution >= 0.6 is 0 Å². The molecule has 12 heavy (non-hydrogen) atoms. The summed E-state index contributed by atoms with van der Waals surface area (Å²) in [5.74, 6) is -1.49. The van der Waals surface area contributed by atoms with Crippen LogP contribution in [-0.4, -0.2) is 29.0 Å². The Morgan fingerprint density at radius 2 is 1.42 bits per heavy atom. The van der Waals surface area contributed by atoms with Crippen molar-refractivity contribution < 1.29 is 20.1 Å². The summed E-state index contributed by atoms with van der Waals surface area (Å²) in [7, 11) is 4.03. The van der Waals surface area contributed by atoms with Crippen LogP contribution in [-0.2, 0) is 0 Å². The third-order valence-electron chi connectivity index (χ3n) is 0.882. The van der Waals surface area contributed by atoms with Crippen molar-refractivity contribution in [1.82, 2.24) is 0 Å². The summed E-state index contributed by atoms with van der Waals surface area (Å²) >= 11 is 0. The van der Waals surface area contributed by atoms with Gasteiger partial charge < -0.3 is 15.3 Å². The molecule has 0 bridgehead atoms. The topological polar surface area (TPSA) is 77.8 Å². The maximum absolute atomic E-state index is 8.78. The van der Waals surface area contributed by atoms with E-state index in [0.29, 0.717) is 0 Å². The van der Waals surface area contributed by atoms with Crippen molar-refractivity contribution in [1.29, 1.82) is 0 Å². The highest BCUT2D eigenvalue weighted by molar-refractivity contribution is 6.54. The fraction of sp³-hybridized carbons (Fsp3) is 0. The van der Waals surface area contributed by atoms with Crippen molar-refractivity contribution in [2.75, 3.05) is 0 Å². The number of hydrogen-bond acceptors (Lipinski definition) is 3. The van der Waals surface area contributed by atoms with E-state index >= 15 is 0 Å². The van der Waals surface area contributed by atoms with Gasteiger partial charge in [-0.1, -0.05) is 12.1 Å². The molecular formula is C7H7BO4. The van der Waals surface area contributed by atoms with Gasteiger partial charge >= 0.3 is 0 Å². The van der Waals surface area contributed by atoms with Gasteiger partial charge in [-0.15, -0.1) is 0 Å². The molecule has 1 aromatic carbocycles. The SMILES string of the molecule is Oc1ccccc1O.[B]C(=O)O.